The van der Waals surface area contributed by atoms with Crippen LogP contribution < -0.4 is 10.8 Å². The summed E-state index contributed by atoms with van der Waals surface area (Å²) in [7, 11) is -3.61. The average molecular weight is 560 g/mol. The zero-order valence-corrected chi connectivity index (χ0v) is 24.0. The number of amides is 2. The third-order valence-corrected chi connectivity index (χ3v) is 8.64. The summed E-state index contributed by atoms with van der Waals surface area (Å²) >= 11 is 0. The Balaban J connectivity index is 1.72. The van der Waals surface area contributed by atoms with Crippen molar-refractivity contribution < 1.29 is 37.5 Å². The Hall–Kier alpha value is -3.09. The van der Waals surface area contributed by atoms with Crippen LogP contribution in [0.5, 0.6) is 0 Å². The molecule has 0 radical (unpaired) electrons. The Morgan fingerprint density at radius 1 is 1.15 bits per heavy atom. The van der Waals surface area contributed by atoms with Gasteiger partial charge in [0, 0.05) is 18.7 Å². The van der Waals surface area contributed by atoms with Crippen LogP contribution in [0.4, 0.5) is 15.3 Å². The quantitative estimate of drug-likeness (QED) is 0.397. The fraction of sp³-hybridized carbons (Fsp3) is 0.481. The molecule has 1 saturated carbocycles. The molecule has 0 unspecified atom stereocenters. The number of nitrogens with one attached hydrogen (secondary N) is 1. The first-order chi connectivity index (χ1) is 18.1. The van der Waals surface area contributed by atoms with E-state index in [4.69, 9.17) is 9.47 Å². The van der Waals surface area contributed by atoms with Crippen LogP contribution in [-0.2, 0) is 25.9 Å². The zero-order valence-electron chi connectivity index (χ0n) is 23.2. The number of ether oxygens (including phenoxy) is 2. The summed E-state index contributed by atoms with van der Waals surface area (Å²) in [4.78, 5) is 26.5. The van der Waals surface area contributed by atoms with Gasteiger partial charge in [-0.1, -0.05) is 25.1 Å². The van der Waals surface area contributed by atoms with Gasteiger partial charge in [-0.25, -0.2) is 18.0 Å². The van der Waals surface area contributed by atoms with E-state index in [0.717, 1.165) is 11.1 Å². The normalized spacial score (nSPS) is 14.4. The minimum absolute atomic E-state index is 0.0321. The third kappa shape index (κ3) is 8.20. The van der Waals surface area contributed by atoms with Crippen molar-refractivity contribution in [3.8, 4) is 0 Å². The van der Waals surface area contributed by atoms with Gasteiger partial charge >= 0.3 is 19.3 Å². The molecule has 1 aliphatic carbocycles. The monoisotopic (exact) mass is 560 g/mol. The van der Waals surface area contributed by atoms with Crippen molar-refractivity contribution in [2.24, 2.45) is 0 Å². The highest BCUT2D eigenvalue weighted by molar-refractivity contribution is 7.92. The van der Waals surface area contributed by atoms with Gasteiger partial charge in [-0.15, -0.1) is 0 Å². The number of hydrogen-bond acceptors (Lipinski definition) is 8. The van der Waals surface area contributed by atoms with E-state index in [-0.39, 0.29) is 24.0 Å². The Morgan fingerprint density at radius 2 is 1.82 bits per heavy atom. The van der Waals surface area contributed by atoms with Crippen LogP contribution in [0.2, 0.25) is 0 Å². The molecule has 1 fully saturated rings. The summed E-state index contributed by atoms with van der Waals surface area (Å²) in [6, 6.07) is 9.53. The Bertz CT molecular complexity index is 1320. The lowest BCUT2D eigenvalue weighted by atomic mass is 9.78. The van der Waals surface area contributed by atoms with Crippen molar-refractivity contribution in [2.45, 2.75) is 75.7 Å². The molecule has 0 bridgehead atoms. The number of hydrogen-bond donors (Lipinski definition) is 3. The van der Waals surface area contributed by atoms with Gasteiger partial charge in [-0.2, -0.15) is 0 Å². The Labute approximate surface area is 230 Å². The molecular weight excluding hydrogens is 523 g/mol. The summed E-state index contributed by atoms with van der Waals surface area (Å²) in [5, 5.41) is 20.9. The first kappa shape index (κ1) is 30.5. The van der Waals surface area contributed by atoms with Gasteiger partial charge in [0.15, 0.2) is 9.84 Å². The van der Waals surface area contributed by atoms with Crippen LogP contribution in [0.3, 0.4) is 0 Å². The second-order valence-electron chi connectivity index (χ2n) is 11.0. The molecule has 39 heavy (non-hydrogen) atoms. The number of anilines is 1. The van der Waals surface area contributed by atoms with Crippen LogP contribution in [0.1, 0.15) is 63.1 Å². The highest BCUT2D eigenvalue weighted by Crippen LogP contribution is 2.36. The van der Waals surface area contributed by atoms with Gasteiger partial charge in [0.1, 0.15) is 5.60 Å². The average Bonchev–Trinajstić information content (AvgIpc) is 3.67. The molecule has 1 aliphatic rings. The molecular formula is C27H37BN2O8S. The third-order valence-electron chi connectivity index (χ3n) is 6.28. The highest BCUT2D eigenvalue weighted by Gasteiger charge is 2.38. The van der Waals surface area contributed by atoms with Crippen LogP contribution in [0.25, 0.3) is 0 Å². The van der Waals surface area contributed by atoms with Gasteiger partial charge in [0.25, 0.3) is 0 Å². The van der Waals surface area contributed by atoms with E-state index in [9.17, 15) is 28.1 Å². The molecule has 12 heteroatoms. The predicted molar refractivity (Wildman–Crippen MR) is 149 cm³/mol. The molecule has 2 amide bonds. The summed E-state index contributed by atoms with van der Waals surface area (Å²) in [5.41, 5.74) is 2.09. The number of nitrogens with zero attached hydrogens (tertiary/aromatic N) is 1. The first-order valence-corrected chi connectivity index (χ1v) is 14.3. The van der Waals surface area contributed by atoms with Crippen LogP contribution in [-0.4, -0.2) is 67.2 Å². The van der Waals surface area contributed by atoms with Crippen molar-refractivity contribution in [1.82, 2.24) is 4.90 Å². The number of rotatable bonds is 9. The maximum atomic E-state index is 13.1. The number of benzene rings is 2. The second kappa shape index (κ2) is 12.0. The van der Waals surface area contributed by atoms with Crippen LogP contribution in [0, 0.1) is 6.92 Å². The maximum absolute atomic E-state index is 13.1. The van der Waals surface area contributed by atoms with E-state index in [1.807, 2.05) is 13.8 Å². The van der Waals surface area contributed by atoms with E-state index >= 15 is 0 Å². The SMILES string of the molecule is Cc1cc(B(O)O)ccc1[C@@H](C)COC(=O)Nc1ccc(S(=O)(=O)C2CC2)c(CN(C)C(=O)OC(C)(C)C)c1. The van der Waals surface area contributed by atoms with E-state index in [1.165, 1.54) is 30.1 Å². The zero-order chi connectivity index (χ0) is 29.1. The van der Waals surface area contributed by atoms with E-state index in [0.29, 0.717) is 29.6 Å². The number of aryl methyl sites for hydroxylation is 1. The number of carbonyl (C=O) groups is 2. The molecule has 3 N–H and O–H groups in total. The molecule has 0 heterocycles. The van der Waals surface area contributed by atoms with Gasteiger partial charge < -0.3 is 24.4 Å². The standard InChI is InChI=1S/C27H37BN2O8S/c1-17-13-20(28(33)34)7-11-23(17)18(2)16-37-25(31)29-21-8-12-24(39(35,36)22-9-10-22)19(14-21)15-30(6)26(32)38-27(3,4)5/h7-8,11-14,18,22,33-34H,9-10,15-16H2,1-6H3,(H,29,31)/t18-/m0/s1. The first-order valence-electron chi connectivity index (χ1n) is 12.8. The summed E-state index contributed by atoms with van der Waals surface area (Å²) in [6.45, 7) is 8.99. The number of sulfone groups is 1. The van der Waals surface area contributed by atoms with Crippen molar-refractivity contribution >= 4 is 40.3 Å². The lowest BCUT2D eigenvalue weighted by Gasteiger charge is -2.25. The predicted octanol–water partition coefficient (Wildman–Crippen LogP) is 3.33. The van der Waals surface area contributed by atoms with Gasteiger partial charge in [0.2, 0.25) is 0 Å². The largest absolute Gasteiger partial charge is 0.488 e. The fourth-order valence-electron chi connectivity index (χ4n) is 4.13. The molecule has 2 aromatic rings. The molecule has 212 valence electrons. The van der Waals surface area contributed by atoms with E-state index < -0.39 is 40.0 Å². The van der Waals surface area contributed by atoms with Crippen LogP contribution in [0.15, 0.2) is 41.3 Å². The van der Waals surface area contributed by atoms with Crippen LogP contribution >= 0.6 is 0 Å². The minimum atomic E-state index is -3.57. The van der Waals surface area contributed by atoms with Gasteiger partial charge in [-0.05, 0) is 80.9 Å². The summed E-state index contributed by atoms with van der Waals surface area (Å²) in [6.07, 6.45) is -0.125. The summed E-state index contributed by atoms with van der Waals surface area (Å²) < 4.78 is 36.9. The van der Waals surface area contributed by atoms with Crippen molar-refractivity contribution in [3.63, 3.8) is 0 Å². The number of carbonyl (C=O) groups excluding carboxylic acids is 2. The lowest BCUT2D eigenvalue weighted by Crippen LogP contribution is -2.34. The molecule has 0 spiro atoms. The van der Waals surface area contributed by atoms with Crippen molar-refractivity contribution in [3.05, 3.63) is 53.1 Å². The van der Waals surface area contributed by atoms with Crippen molar-refractivity contribution in [1.29, 1.82) is 0 Å². The maximum Gasteiger partial charge on any atom is 0.488 e. The molecule has 0 saturated heterocycles. The topological polar surface area (TPSA) is 142 Å². The van der Waals surface area contributed by atoms with Gasteiger partial charge in [0.05, 0.1) is 23.3 Å². The van der Waals surface area contributed by atoms with Gasteiger partial charge in [-0.3, -0.25) is 5.32 Å². The molecule has 3 rings (SSSR count). The lowest BCUT2D eigenvalue weighted by molar-refractivity contribution is 0.0283. The highest BCUT2D eigenvalue weighted by atomic mass is 32.2. The Kier molecular flexibility index (Phi) is 9.35. The second-order valence-corrected chi connectivity index (χ2v) is 13.2. The molecule has 0 aromatic heterocycles. The minimum Gasteiger partial charge on any atom is -0.449 e. The van der Waals surface area contributed by atoms with Crippen molar-refractivity contribution in [2.75, 3.05) is 19.0 Å². The summed E-state index contributed by atoms with van der Waals surface area (Å²) in [5.74, 6) is -0.162. The molecule has 2 aromatic carbocycles. The van der Waals surface area contributed by atoms with E-state index in [2.05, 4.69) is 5.32 Å². The molecule has 1 atom stereocenters. The molecule has 10 nitrogen and oxygen atoms in total. The smallest absolute Gasteiger partial charge is 0.449 e. The molecule has 0 aliphatic heterocycles. The Morgan fingerprint density at radius 3 is 2.38 bits per heavy atom. The fourth-order valence-corrected chi connectivity index (χ4v) is 6.00. The van der Waals surface area contributed by atoms with E-state index in [1.54, 1.807) is 39.0 Å².